The van der Waals surface area contributed by atoms with Gasteiger partial charge in [-0.05, 0) is 32.5 Å². The lowest BCUT2D eigenvalue weighted by atomic mass is 10.0. The first kappa shape index (κ1) is 11.9. The zero-order valence-electron chi connectivity index (χ0n) is 10.7. The fraction of sp³-hybridized carbons (Fsp3) is 0.357. The molecule has 0 amide bonds. The van der Waals surface area contributed by atoms with Gasteiger partial charge in [-0.2, -0.15) is 0 Å². The normalized spacial score (nSPS) is 10.8. The maximum atomic E-state index is 4.48. The van der Waals surface area contributed by atoms with E-state index in [9.17, 15) is 0 Å². The van der Waals surface area contributed by atoms with Crippen LogP contribution in [-0.4, -0.2) is 16.6 Å². The highest BCUT2D eigenvalue weighted by Crippen LogP contribution is 2.23. The fourth-order valence-electron chi connectivity index (χ4n) is 2.05. The Morgan fingerprint density at radius 3 is 2.88 bits per heavy atom. The van der Waals surface area contributed by atoms with E-state index in [1.807, 2.05) is 19.4 Å². The van der Waals surface area contributed by atoms with Crippen molar-refractivity contribution in [3.05, 3.63) is 41.7 Å². The van der Waals surface area contributed by atoms with Crippen LogP contribution in [0, 0.1) is 6.92 Å². The number of hydrogen-bond donors (Lipinski definition) is 1. The maximum absolute atomic E-state index is 4.48. The van der Waals surface area contributed by atoms with Crippen molar-refractivity contribution >= 4 is 0 Å². The molecule has 0 aliphatic rings. The van der Waals surface area contributed by atoms with E-state index < -0.39 is 0 Å². The lowest BCUT2D eigenvalue weighted by Crippen LogP contribution is -2.08. The molecule has 0 aliphatic carbocycles. The summed E-state index contributed by atoms with van der Waals surface area (Å²) < 4.78 is 2.17. The Hall–Kier alpha value is -1.61. The molecule has 17 heavy (non-hydrogen) atoms. The average molecular weight is 229 g/mol. The smallest absolute Gasteiger partial charge is 0.140 e. The monoisotopic (exact) mass is 229 g/mol. The zero-order chi connectivity index (χ0) is 12.3. The number of benzene rings is 1. The van der Waals surface area contributed by atoms with Crippen LogP contribution in [0.25, 0.3) is 11.4 Å². The number of nitrogens with zero attached hydrogens (tertiary/aromatic N) is 2. The summed E-state index contributed by atoms with van der Waals surface area (Å²) in [6.07, 6.45) is 3.89. The summed E-state index contributed by atoms with van der Waals surface area (Å²) in [5.41, 5.74) is 3.79. The molecule has 0 aliphatic heterocycles. The lowest BCUT2D eigenvalue weighted by molar-refractivity contribution is 0.765. The molecule has 1 aromatic carbocycles. The Bertz CT molecular complexity index is 500. The van der Waals surface area contributed by atoms with Gasteiger partial charge in [0.15, 0.2) is 0 Å². The average Bonchev–Trinajstić information content (AvgIpc) is 2.79. The molecule has 1 aromatic heterocycles. The summed E-state index contributed by atoms with van der Waals surface area (Å²) >= 11 is 0. The first-order valence-electron chi connectivity index (χ1n) is 6.02. The summed E-state index contributed by atoms with van der Waals surface area (Å²) in [6, 6.07) is 6.53. The summed E-state index contributed by atoms with van der Waals surface area (Å²) in [5.74, 6) is 1.06. The quantitative estimate of drug-likeness (QED) is 0.873. The fourth-order valence-corrected chi connectivity index (χ4v) is 2.05. The second-order valence-corrected chi connectivity index (χ2v) is 4.23. The van der Waals surface area contributed by atoms with Crippen molar-refractivity contribution in [2.24, 2.45) is 0 Å². The lowest BCUT2D eigenvalue weighted by Gasteiger charge is -2.11. The first-order valence-corrected chi connectivity index (χ1v) is 6.02. The van der Waals surface area contributed by atoms with Gasteiger partial charge in [-0.3, -0.25) is 0 Å². The molecule has 0 radical (unpaired) electrons. The molecule has 1 heterocycles. The van der Waals surface area contributed by atoms with Crippen LogP contribution in [0.2, 0.25) is 0 Å². The second kappa shape index (κ2) is 5.15. The molecule has 2 rings (SSSR count). The largest absolute Gasteiger partial charge is 0.331 e. The van der Waals surface area contributed by atoms with Gasteiger partial charge < -0.3 is 9.88 Å². The van der Waals surface area contributed by atoms with Crippen molar-refractivity contribution < 1.29 is 0 Å². The topological polar surface area (TPSA) is 29.9 Å². The minimum absolute atomic E-state index is 0.867. The van der Waals surface area contributed by atoms with Crippen molar-refractivity contribution in [1.82, 2.24) is 14.9 Å². The van der Waals surface area contributed by atoms with Crippen LogP contribution in [0.1, 0.15) is 18.1 Å². The highest BCUT2D eigenvalue weighted by Gasteiger charge is 2.09. The minimum atomic E-state index is 0.867. The third-order valence-electron chi connectivity index (χ3n) is 2.93. The van der Waals surface area contributed by atoms with Crippen LogP contribution in [0.3, 0.4) is 0 Å². The predicted molar refractivity (Wildman–Crippen MR) is 70.8 cm³/mol. The molecule has 0 saturated heterocycles. The van der Waals surface area contributed by atoms with Crippen LogP contribution in [0.4, 0.5) is 0 Å². The molecule has 90 valence electrons. The van der Waals surface area contributed by atoms with Crippen LogP contribution in [0.15, 0.2) is 30.6 Å². The highest BCUT2D eigenvalue weighted by molar-refractivity contribution is 5.62. The molecule has 0 spiro atoms. The zero-order valence-corrected chi connectivity index (χ0v) is 10.7. The Labute approximate surface area is 103 Å². The van der Waals surface area contributed by atoms with Gasteiger partial charge in [0.25, 0.3) is 0 Å². The van der Waals surface area contributed by atoms with Crippen LogP contribution < -0.4 is 5.32 Å². The van der Waals surface area contributed by atoms with E-state index in [1.165, 1.54) is 16.7 Å². The van der Waals surface area contributed by atoms with Gasteiger partial charge in [0.05, 0.1) is 0 Å². The van der Waals surface area contributed by atoms with Gasteiger partial charge >= 0.3 is 0 Å². The first-order chi connectivity index (χ1) is 8.26. The Balaban J connectivity index is 2.52. The van der Waals surface area contributed by atoms with Gasteiger partial charge in [0.2, 0.25) is 0 Å². The Kier molecular flexibility index (Phi) is 3.59. The number of aromatic nitrogens is 2. The Morgan fingerprint density at radius 1 is 1.35 bits per heavy atom. The molecule has 3 heteroatoms. The summed E-state index contributed by atoms with van der Waals surface area (Å²) in [4.78, 5) is 4.48. The van der Waals surface area contributed by atoms with Crippen molar-refractivity contribution in [1.29, 1.82) is 0 Å². The molecular weight excluding hydrogens is 210 g/mol. The maximum Gasteiger partial charge on any atom is 0.140 e. The molecule has 0 saturated carbocycles. The molecule has 2 aromatic rings. The van der Waals surface area contributed by atoms with Gasteiger partial charge in [0, 0.05) is 31.0 Å². The van der Waals surface area contributed by atoms with Gasteiger partial charge in [-0.1, -0.05) is 17.7 Å². The van der Waals surface area contributed by atoms with E-state index in [2.05, 4.69) is 46.9 Å². The van der Waals surface area contributed by atoms with Gasteiger partial charge in [-0.15, -0.1) is 0 Å². The van der Waals surface area contributed by atoms with E-state index in [0.29, 0.717) is 0 Å². The summed E-state index contributed by atoms with van der Waals surface area (Å²) in [6.45, 7) is 6.07. The second-order valence-electron chi connectivity index (χ2n) is 4.23. The van der Waals surface area contributed by atoms with Gasteiger partial charge in [0.1, 0.15) is 5.82 Å². The molecule has 1 N–H and O–H groups in total. The molecule has 0 bridgehead atoms. The van der Waals surface area contributed by atoms with Crippen LogP contribution >= 0.6 is 0 Å². The Morgan fingerprint density at radius 2 is 2.18 bits per heavy atom. The number of imidazole rings is 1. The number of hydrogen-bond acceptors (Lipinski definition) is 2. The molecular formula is C14H19N3. The SMILES string of the molecule is CCn1ccnc1-c1cc(C)ccc1CNC. The molecule has 0 atom stereocenters. The van der Waals surface area contributed by atoms with E-state index >= 15 is 0 Å². The predicted octanol–water partition coefficient (Wildman–Crippen LogP) is 2.60. The van der Waals surface area contributed by atoms with E-state index in [0.717, 1.165) is 18.9 Å². The number of aryl methyl sites for hydroxylation is 2. The van der Waals surface area contributed by atoms with Crippen molar-refractivity contribution in [3.63, 3.8) is 0 Å². The van der Waals surface area contributed by atoms with Crippen LogP contribution in [0.5, 0.6) is 0 Å². The van der Waals surface area contributed by atoms with Crippen LogP contribution in [-0.2, 0) is 13.1 Å². The van der Waals surface area contributed by atoms with Crippen molar-refractivity contribution in [2.45, 2.75) is 26.9 Å². The summed E-state index contributed by atoms with van der Waals surface area (Å²) in [5, 5.41) is 3.21. The molecule has 3 nitrogen and oxygen atoms in total. The summed E-state index contributed by atoms with van der Waals surface area (Å²) in [7, 11) is 1.97. The standard InChI is InChI=1S/C14H19N3/c1-4-17-8-7-16-14(17)13-9-11(2)5-6-12(13)10-15-3/h5-9,15H,4,10H2,1-3H3. The van der Waals surface area contributed by atoms with Crippen molar-refractivity contribution in [2.75, 3.05) is 7.05 Å². The third-order valence-corrected chi connectivity index (χ3v) is 2.93. The van der Waals surface area contributed by atoms with Crippen molar-refractivity contribution in [3.8, 4) is 11.4 Å². The van der Waals surface area contributed by atoms with Gasteiger partial charge in [-0.25, -0.2) is 4.98 Å². The van der Waals surface area contributed by atoms with E-state index in [1.54, 1.807) is 0 Å². The van der Waals surface area contributed by atoms with E-state index in [4.69, 9.17) is 0 Å². The highest BCUT2D eigenvalue weighted by atomic mass is 15.1. The molecule has 0 unspecified atom stereocenters. The third kappa shape index (κ3) is 2.39. The number of rotatable bonds is 4. The minimum Gasteiger partial charge on any atom is -0.331 e. The molecule has 0 fully saturated rings. The number of nitrogens with one attached hydrogen (secondary N) is 1. The van der Waals surface area contributed by atoms with E-state index in [-0.39, 0.29) is 0 Å².